The fourth-order valence-electron chi connectivity index (χ4n) is 2.42. The number of nitrogens with zero attached hydrogens (tertiary/aromatic N) is 2. The van der Waals surface area contributed by atoms with E-state index in [2.05, 4.69) is 29.1 Å². The molecule has 1 atom stereocenters. The molecule has 98 valence electrons. The number of amidine groups is 1. The minimum atomic E-state index is 0.120. The van der Waals surface area contributed by atoms with Gasteiger partial charge < -0.3 is 10.4 Å². The quantitative estimate of drug-likeness (QED) is 0.833. The first-order valence-corrected chi connectivity index (χ1v) is 6.57. The molecule has 0 amide bonds. The zero-order chi connectivity index (χ0) is 13.0. The van der Waals surface area contributed by atoms with Crippen LogP contribution in [0.4, 0.5) is 0 Å². The highest BCUT2D eigenvalue weighted by molar-refractivity contribution is 5.89. The van der Waals surface area contributed by atoms with Crippen LogP contribution in [0.25, 0.3) is 0 Å². The molecule has 0 fully saturated rings. The number of phenolic OH excluding ortho intramolecular Hbond substituents is 1. The molecular formula is C14H21N3O. The van der Waals surface area contributed by atoms with Crippen LogP contribution in [0.1, 0.15) is 25.5 Å². The van der Waals surface area contributed by atoms with Crippen molar-refractivity contribution in [2.75, 3.05) is 26.2 Å². The molecule has 1 aliphatic rings. The minimum Gasteiger partial charge on any atom is -0.508 e. The second-order valence-corrected chi connectivity index (χ2v) is 4.41. The molecule has 1 aromatic rings. The number of hydrogen-bond acceptors (Lipinski definition) is 4. The summed E-state index contributed by atoms with van der Waals surface area (Å²) in [6, 6.07) is 7.58. The molecule has 0 saturated heterocycles. The van der Waals surface area contributed by atoms with E-state index in [1.807, 2.05) is 18.2 Å². The van der Waals surface area contributed by atoms with Crippen molar-refractivity contribution in [1.82, 2.24) is 10.2 Å². The summed E-state index contributed by atoms with van der Waals surface area (Å²) < 4.78 is 0. The van der Waals surface area contributed by atoms with Crippen molar-refractivity contribution in [3.63, 3.8) is 0 Å². The van der Waals surface area contributed by atoms with E-state index >= 15 is 0 Å². The Balaban J connectivity index is 2.34. The van der Waals surface area contributed by atoms with Crippen LogP contribution in [0, 0.1) is 0 Å². The summed E-state index contributed by atoms with van der Waals surface area (Å²) in [5, 5.41) is 13.0. The molecule has 2 N–H and O–H groups in total. The van der Waals surface area contributed by atoms with Crippen LogP contribution in [-0.2, 0) is 0 Å². The molecule has 2 rings (SSSR count). The van der Waals surface area contributed by atoms with E-state index in [1.165, 1.54) is 0 Å². The van der Waals surface area contributed by atoms with Gasteiger partial charge in [0.15, 0.2) is 0 Å². The van der Waals surface area contributed by atoms with Crippen LogP contribution in [0.2, 0.25) is 0 Å². The lowest BCUT2D eigenvalue weighted by atomic mass is 10.0. The highest BCUT2D eigenvalue weighted by Gasteiger charge is 2.25. The molecule has 0 saturated carbocycles. The van der Waals surface area contributed by atoms with Gasteiger partial charge in [0, 0.05) is 6.54 Å². The van der Waals surface area contributed by atoms with E-state index < -0.39 is 0 Å². The highest BCUT2D eigenvalue weighted by atomic mass is 16.3. The SMILES string of the molecule is CCN(CC)C(C1=NCCN1)c1cccc(O)c1. The number of aromatic hydroxyl groups is 1. The number of hydrogen-bond donors (Lipinski definition) is 2. The minimum absolute atomic E-state index is 0.120. The van der Waals surface area contributed by atoms with Crippen molar-refractivity contribution in [2.24, 2.45) is 4.99 Å². The predicted octanol–water partition coefficient (Wildman–Crippen LogP) is 1.78. The summed E-state index contributed by atoms with van der Waals surface area (Å²) in [7, 11) is 0. The van der Waals surface area contributed by atoms with Gasteiger partial charge in [-0.15, -0.1) is 0 Å². The molecule has 18 heavy (non-hydrogen) atoms. The molecule has 0 radical (unpaired) electrons. The summed E-state index contributed by atoms with van der Waals surface area (Å²) in [6.45, 7) is 7.95. The van der Waals surface area contributed by atoms with Crippen LogP contribution < -0.4 is 5.32 Å². The van der Waals surface area contributed by atoms with Crippen molar-refractivity contribution >= 4 is 5.84 Å². The molecule has 1 aliphatic heterocycles. The molecule has 1 unspecified atom stereocenters. The van der Waals surface area contributed by atoms with Crippen LogP contribution >= 0.6 is 0 Å². The van der Waals surface area contributed by atoms with Crippen LogP contribution in [0.5, 0.6) is 5.75 Å². The molecule has 0 spiro atoms. The van der Waals surface area contributed by atoms with E-state index in [9.17, 15) is 5.11 Å². The lowest BCUT2D eigenvalue weighted by molar-refractivity contribution is 0.268. The summed E-state index contributed by atoms with van der Waals surface area (Å²) in [5.41, 5.74) is 1.09. The first-order valence-electron chi connectivity index (χ1n) is 6.57. The average molecular weight is 247 g/mol. The van der Waals surface area contributed by atoms with Crippen LogP contribution in [0.15, 0.2) is 29.3 Å². The van der Waals surface area contributed by atoms with Gasteiger partial charge in [0.25, 0.3) is 0 Å². The lowest BCUT2D eigenvalue weighted by Crippen LogP contribution is -2.38. The number of likely N-dealkylation sites (N-methyl/N-ethyl adjacent to an activating group) is 1. The maximum absolute atomic E-state index is 9.65. The maximum Gasteiger partial charge on any atom is 0.119 e. The third kappa shape index (κ3) is 2.64. The Morgan fingerprint density at radius 3 is 2.72 bits per heavy atom. The van der Waals surface area contributed by atoms with E-state index in [1.54, 1.807) is 6.07 Å². The zero-order valence-electron chi connectivity index (χ0n) is 11.1. The first-order chi connectivity index (χ1) is 8.76. The third-order valence-corrected chi connectivity index (χ3v) is 3.32. The van der Waals surface area contributed by atoms with Crippen molar-refractivity contribution in [3.05, 3.63) is 29.8 Å². The molecule has 1 heterocycles. The Hall–Kier alpha value is -1.55. The van der Waals surface area contributed by atoms with E-state index in [0.717, 1.165) is 37.6 Å². The normalized spacial score (nSPS) is 16.5. The standard InChI is InChI=1S/C14H21N3O/c1-3-17(4-2)13(14-15-8-9-16-14)11-6-5-7-12(18)10-11/h5-7,10,13,18H,3-4,8-9H2,1-2H3,(H,15,16). The fraction of sp³-hybridized carbons (Fsp3) is 0.500. The molecule has 4 nitrogen and oxygen atoms in total. The Morgan fingerprint density at radius 1 is 1.39 bits per heavy atom. The second-order valence-electron chi connectivity index (χ2n) is 4.41. The van der Waals surface area contributed by atoms with Crippen molar-refractivity contribution in [2.45, 2.75) is 19.9 Å². The van der Waals surface area contributed by atoms with Gasteiger partial charge in [0.2, 0.25) is 0 Å². The number of phenols is 1. The average Bonchev–Trinajstić information content (AvgIpc) is 2.89. The molecular weight excluding hydrogens is 226 g/mol. The zero-order valence-corrected chi connectivity index (χ0v) is 11.1. The van der Waals surface area contributed by atoms with Gasteiger partial charge in [-0.25, -0.2) is 0 Å². The Labute approximate surface area is 108 Å². The number of benzene rings is 1. The molecule has 4 heteroatoms. The smallest absolute Gasteiger partial charge is 0.119 e. The third-order valence-electron chi connectivity index (χ3n) is 3.32. The Bertz CT molecular complexity index is 427. The lowest BCUT2D eigenvalue weighted by Gasteiger charge is -2.30. The van der Waals surface area contributed by atoms with Gasteiger partial charge in [-0.05, 0) is 30.8 Å². The van der Waals surface area contributed by atoms with Gasteiger partial charge in [-0.2, -0.15) is 0 Å². The van der Waals surface area contributed by atoms with Gasteiger partial charge >= 0.3 is 0 Å². The number of aliphatic imine (C=N–C) groups is 1. The molecule has 0 bridgehead atoms. The molecule has 1 aromatic carbocycles. The highest BCUT2D eigenvalue weighted by Crippen LogP contribution is 2.25. The predicted molar refractivity (Wildman–Crippen MR) is 74.1 cm³/mol. The van der Waals surface area contributed by atoms with E-state index in [4.69, 9.17) is 0 Å². The van der Waals surface area contributed by atoms with Crippen LogP contribution in [0.3, 0.4) is 0 Å². The largest absolute Gasteiger partial charge is 0.508 e. The number of nitrogens with one attached hydrogen (secondary N) is 1. The summed E-state index contributed by atoms with van der Waals surface area (Å²) in [4.78, 5) is 6.88. The molecule has 0 aliphatic carbocycles. The summed E-state index contributed by atoms with van der Waals surface area (Å²) in [6.07, 6.45) is 0. The second kappa shape index (κ2) is 5.87. The maximum atomic E-state index is 9.65. The van der Waals surface area contributed by atoms with E-state index in [-0.39, 0.29) is 6.04 Å². The fourth-order valence-corrected chi connectivity index (χ4v) is 2.42. The Morgan fingerprint density at radius 2 is 2.17 bits per heavy atom. The van der Waals surface area contributed by atoms with Gasteiger partial charge in [0.05, 0.1) is 12.6 Å². The number of rotatable bonds is 5. The van der Waals surface area contributed by atoms with Crippen molar-refractivity contribution in [1.29, 1.82) is 0 Å². The van der Waals surface area contributed by atoms with Crippen molar-refractivity contribution < 1.29 is 5.11 Å². The monoisotopic (exact) mass is 247 g/mol. The topological polar surface area (TPSA) is 47.9 Å². The Kier molecular flexibility index (Phi) is 4.20. The van der Waals surface area contributed by atoms with Gasteiger partial charge in [0.1, 0.15) is 11.6 Å². The molecule has 0 aromatic heterocycles. The van der Waals surface area contributed by atoms with E-state index in [0.29, 0.717) is 5.75 Å². The van der Waals surface area contributed by atoms with Crippen molar-refractivity contribution in [3.8, 4) is 5.75 Å². The van der Waals surface area contributed by atoms with Gasteiger partial charge in [-0.1, -0.05) is 26.0 Å². The van der Waals surface area contributed by atoms with Crippen LogP contribution in [-0.4, -0.2) is 42.0 Å². The van der Waals surface area contributed by atoms with Gasteiger partial charge in [-0.3, -0.25) is 9.89 Å². The first kappa shape index (κ1) is 12.9. The summed E-state index contributed by atoms with van der Waals surface area (Å²) in [5.74, 6) is 1.33. The summed E-state index contributed by atoms with van der Waals surface area (Å²) >= 11 is 0.